The maximum absolute atomic E-state index is 13.4. The van der Waals surface area contributed by atoms with Crippen LogP contribution in [0.5, 0.6) is 0 Å². The van der Waals surface area contributed by atoms with Gasteiger partial charge < -0.3 is 14.7 Å². The highest BCUT2D eigenvalue weighted by atomic mass is 16.2. The predicted octanol–water partition coefficient (Wildman–Crippen LogP) is 3.54. The van der Waals surface area contributed by atoms with Crippen molar-refractivity contribution >= 4 is 23.4 Å². The molecule has 2 aliphatic heterocycles. The van der Waals surface area contributed by atoms with Crippen LogP contribution in [0.3, 0.4) is 0 Å². The maximum Gasteiger partial charge on any atom is 0.229 e. The molecule has 0 aromatic carbocycles. The second-order valence-corrected chi connectivity index (χ2v) is 11.7. The number of carbonyl (C=O) groups is 1. The number of piperazine rings is 1. The van der Waals surface area contributed by atoms with Gasteiger partial charge in [-0.1, -0.05) is 6.42 Å². The third kappa shape index (κ3) is 2.84. The lowest BCUT2D eigenvalue weighted by Crippen LogP contribution is -2.67. The lowest BCUT2D eigenvalue weighted by atomic mass is 9.44. The van der Waals surface area contributed by atoms with Crippen LogP contribution in [0.4, 0.5) is 17.5 Å². The second-order valence-electron chi connectivity index (χ2n) is 11.7. The highest BCUT2D eigenvalue weighted by molar-refractivity contribution is 5.86. The summed E-state index contributed by atoms with van der Waals surface area (Å²) in [6.45, 7) is 6.76. The van der Waals surface area contributed by atoms with Crippen LogP contribution >= 0.6 is 0 Å². The number of hydrogen-bond acceptors (Lipinski definition) is 7. The Kier molecular flexibility index (Phi) is 4.32. The number of aromatic nitrogens is 3. The summed E-state index contributed by atoms with van der Waals surface area (Å²) in [7, 11) is 0. The molecule has 4 saturated carbocycles. The maximum atomic E-state index is 13.4. The number of carbonyl (C=O) groups excluding carboxylic acids is 1. The molecule has 5 fully saturated rings. The van der Waals surface area contributed by atoms with Gasteiger partial charge in [-0.05, 0) is 64.0 Å². The lowest BCUT2D eigenvalue weighted by Gasteiger charge is -2.62. The molecule has 1 amide bonds. The van der Waals surface area contributed by atoms with E-state index in [2.05, 4.69) is 39.6 Å². The molecule has 4 aliphatic carbocycles. The molecular formula is C27H31N7O. The summed E-state index contributed by atoms with van der Waals surface area (Å²) in [6, 6.07) is 6.16. The summed E-state index contributed by atoms with van der Waals surface area (Å²) in [5.41, 5.74) is 1.83. The first-order valence-corrected chi connectivity index (χ1v) is 13.0. The Labute approximate surface area is 206 Å². The summed E-state index contributed by atoms with van der Waals surface area (Å²) in [5, 5.41) is 9.40. The van der Waals surface area contributed by atoms with Crippen molar-refractivity contribution in [1.29, 1.82) is 5.26 Å². The zero-order valence-electron chi connectivity index (χ0n) is 20.4. The van der Waals surface area contributed by atoms with E-state index in [9.17, 15) is 10.1 Å². The third-order valence-corrected chi connectivity index (χ3v) is 9.53. The van der Waals surface area contributed by atoms with Crippen LogP contribution in [-0.4, -0.2) is 57.5 Å². The first-order chi connectivity index (χ1) is 16.9. The van der Waals surface area contributed by atoms with Crippen LogP contribution < -0.4 is 9.80 Å². The van der Waals surface area contributed by atoms with Gasteiger partial charge in [-0.15, -0.1) is 0 Å². The number of amides is 1. The number of rotatable bonds is 3. The van der Waals surface area contributed by atoms with E-state index in [1.165, 1.54) is 12.0 Å². The normalized spacial score (nSPS) is 31.8. The lowest BCUT2D eigenvalue weighted by molar-refractivity contribution is -0.179. The Morgan fingerprint density at radius 3 is 2.51 bits per heavy atom. The van der Waals surface area contributed by atoms with Gasteiger partial charge in [0.15, 0.2) is 0 Å². The van der Waals surface area contributed by atoms with E-state index in [0.717, 1.165) is 75.1 Å². The van der Waals surface area contributed by atoms with Crippen molar-refractivity contribution < 1.29 is 4.79 Å². The molecule has 4 heterocycles. The summed E-state index contributed by atoms with van der Waals surface area (Å²) in [5.74, 6) is 3.91. The SMILES string of the molecule is C[C@@H]1CN(c2ncnc3c2C2(CCC2)CN3c2cc(C#N)ccn2)[C@@H](C)CN1C(=O)C12CC(C1)C2. The Morgan fingerprint density at radius 2 is 1.86 bits per heavy atom. The van der Waals surface area contributed by atoms with E-state index < -0.39 is 0 Å². The minimum absolute atomic E-state index is 0.0258. The Balaban J connectivity index is 1.23. The summed E-state index contributed by atoms with van der Waals surface area (Å²) >= 11 is 0. The molecule has 0 unspecified atom stereocenters. The summed E-state index contributed by atoms with van der Waals surface area (Å²) in [6.07, 6.45) is 10.1. The van der Waals surface area contributed by atoms with E-state index in [4.69, 9.17) is 9.97 Å². The number of anilines is 3. The highest BCUT2D eigenvalue weighted by Gasteiger charge is 2.63. The van der Waals surface area contributed by atoms with Crippen LogP contribution in [0.1, 0.15) is 63.5 Å². The van der Waals surface area contributed by atoms with Crippen molar-refractivity contribution in [2.75, 3.05) is 29.4 Å². The number of nitriles is 1. The first-order valence-electron chi connectivity index (χ1n) is 13.0. The highest BCUT2D eigenvalue weighted by Crippen LogP contribution is 2.65. The van der Waals surface area contributed by atoms with Crippen LogP contribution in [-0.2, 0) is 10.2 Å². The van der Waals surface area contributed by atoms with E-state index >= 15 is 0 Å². The van der Waals surface area contributed by atoms with Crippen molar-refractivity contribution in [3.63, 3.8) is 0 Å². The van der Waals surface area contributed by atoms with Crippen LogP contribution in [0.2, 0.25) is 0 Å². The van der Waals surface area contributed by atoms with Crippen molar-refractivity contribution in [1.82, 2.24) is 19.9 Å². The van der Waals surface area contributed by atoms with Gasteiger partial charge in [0.25, 0.3) is 0 Å². The van der Waals surface area contributed by atoms with Crippen LogP contribution in [0, 0.1) is 22.7 Å². The first kappa shape index (κ1) is 21.1. The van der Waals surface area contributed by atoms with Gasteiger partial charge in [0.1, 0.15) is 23.8 Å². The van der Waals surface area contributed by atoms with E-state index in [1.807, 2.05) is 6.07 Å². The monoisotopic (exact) mass is 469 g/mol. The number of pyridine rings is 1. The molecule has 2 atom stereocenters. The zero-order valence-corrected chi connectivity index (χ0v) is 20.4. The molecule has 2 aromatic heterocycles. The van der Waals surface area contributed by atoms with Gasteiger partial charge in [0.05, 0.1) is 17.0 Å². The second kappa shape index (κ2) is 7.16. The standard InChI is InChI=1S/C27H31N7O/c1-17-14-33(25(35)27-9-20(10-27)11-27)18(2)13-32(17)23-22-24(31-16-30-23)34(15-26(22)5-3-6-26)21-8-19(12-28)4-7-29-21/h4,7-8,16-18,20H,3,5-6,9-11,13-15H2,1-2H3/t17-,18+,20?,27?/m0/s1. The topological polar surface area (TPSA) is 89.2 Å². The van der Waals surface area contributed by atoms with Crippen LogP contribution in [0.15, 0.2) is 24.7 Å². The van der Waals surface area contributed by atoms with E-state index in [-0.39, 0.29) is 22.9 Å². The van der Waals surface area contributed by atoms with E-state index in [1.54, 1.807) is 18.6 Å². The third-order valence-electron chi connectivity index (χ3n) is 9.53. The van der Waals surface area contributed by atoms with Crippen molar-refractivity contribution in [2.45, 2.75) is 69.9 Å². The van der Waals surface area contributed by atoms with Gasteiger partial charge in [-0.2, -0.15) is 5.26 Å². The smallest absolute Gasteiger partial charge is 0.229 e. The molecule has 0 N–H and O–H groups in total. The molecule has 2 bridgehead atoms. The molecule has 35 heavy (non-hydrogen) atoms. The minimum atomic E-state index is -0.0293. The fourth-order valence-corrected chi connectivity index (χ4v) is 7.31. The van der Waals surface area contributed by atoms with Crippen LogP contribution in [0.25, 0.3) is 0 Å². The number of hydrogen-bond donors (Lipinski definition) is 0. The molecule has 0 radical (unpaired) electrons. The molecule has 1 saturated heterocycles. The van der Waals surface area contributed by atoms with Gasteiger partial charge in [0.2, 0.25) is 5.91 Å². The largest absolute Gasteiger partial charge is 0.350 e. The quantitative estimate of drug-likeness (QED) is 0.679. The number of fused-ring (bicyclic) bond motifs is 2. The Hall–Kier alpha value is -3.21. The Bertz CT molecular complexity index is 1250. The van der Waals surface area contributed by atoms with E-state index in [0.29, 0.717) is 11.5 Å². The molecule has 8 rings (SSSR count). The molecule has 1 spiro atoms. The number of nitrogens with zero attached hydrogens (tertiary/aromatic N) is 7. The molecule has 8 heteroatoms. The molecule has 8 nitrogen and oxygen atoms in total. The Morgan fingerprint density at radius 1 is 1.09 bits per heavy atom. The van der Waals surface area contributed by atoms with Crippen molar-refractivity contribution in [2.24, 2.45) is 11.3 Å². The fourth-order valence-electron chi connectivity index (χ4n) is 7.31. The summed E-state index contributed by atoms with van der Waals surface area (Å²) < 4.78 is 0. The average molecular weight is 470 g/mol. The predicted molar refractivity (Wildman–Crippen MR) is 131 cm³/mol. The van der Waals surface area contributed by atoms with Crippen molar-refractivity contribution in [3.8, 4) is 6.07 Å². The minimum Gasteiger partial charge on any atom is -0.350 e. The summed E-state index contributed by atoms with van der Waals surface area (Å²) in [4.78, 5) is 34.3. The van der Waals surface area contributed by atoms with Gasteiger partial charge in [-0.3, -0.25) is 4.79 Å². The molecular weight excluding hydrogens is 438 g/mol. The van der Waals surface area contributed by atoms with Gasteiger partial charge >= 0.3 is 0 Å². The van der Waals surface area contributed by atoms with Crippen molar-refractivity contribution in [3.05, 3.63) is 35.8 Å². The average Bonchev–Trinajstić information content (AvgIpc) is 3.15. The fraction of sp³-hybridized carbons (Fsp3) is 0.593. The molecule has 2 aromatic rings. The van der Waals surface area contributed by atoms with Gasteiger partial charge in [-0.25, -0.2) is 15.0 Å². The van der Waals surface area contributed by atoms with Gasteiger partial charge in [0, 0.05) is 48.9 Å². The molecule has 6 aliphatic rings. The zero-order chi connectivity index (χ0) is 23.9. The molecule has 180 valence electrons.